The molecule has 0 unspecified atom stereocenters. The van der Waals surface area contributed by atoms with Crippen LogP contribution >= 0.6 is 0 Å². The van der Waals surface area contributed by atoms with Gasteiger partial charge in [0.2, 0.25) is 5.91 Å². The fraction of sp³-hybridized carbons (Fsp3) is 0.400. The van der Waals surface area contributed by atoms with Gasteiger partial charge in [0, 0.05) is 56.1 Å². The van der Waals surface area contributed by atoms with Gasteiger partial charge in [0.25, 0.3) is 0 Å². The SMILES string of the molecule is O=C1CC2(CCN(c3ccncc3)CC2)CN1Cc1ccc(F)c(F)c1. The monoisotopic (exact) mass is 357 g/mol. The molecular weight excluding hydrogens is 336 g/mol. The van der Waals surface area contributed by atoms with Crippen LogP contribution in [0.2, 0.25) is 0 Å². The van der Waals surface area contributed by atoms with Crippen molar-refractivity contribution in [2.24, 2.45) is 5.41 Å². The predicted molar refractivity (Wildman–Crippen MR) is 94.5 cm³/mol. The summed E-state index contributed by atoms with van der Waals surface area (Å²) in [7, 11) is 0. The van der Waals surface area contributed by atoms with E-state index in [0.717, 1.165) is 37.7 Å². The highest BCUT2D eigenvalue weighted by atomic mass is 19.2. The molecule has 1 amide bonds. The highest BCUT2D eigenvalue weighted by molar-refractivity contribution is 5.79. The van der Waals surface area contributed by atoms with Crippen LogP contribution in [0.25, 0.3) is 0 Å². The first kappa shape index (κ1) is 16.9. The van der Waals surface area contributed by atoms with Crippen LogP contribution in [0.1, 0.15) is 24.8 Å². The Labute approximate surface area is 151 Å². The minimum Gasteiger partial charge on any atom is -0.371 e. The summed E-state index contributed by atoms with van der Waals surface area (Å²) in [6.07, 6.45) is 6.04. The number of hydrogen-bond acceptors (Lipinski definition) is 3. The second-order valence-electron chi connectivity index (χ2n) is 7.37. The number of pyridine rings is 1. The molecule has 1 aromatic heterocycles. The third-order valence-electron chi connectivity index (χ3n) is 5.61. The number of halogens is 2. The highest BCUT2D eigenvalue weighted by Crippen LogP contribution is 2.42. The van der Waals surface area contributed by atoms with Crippen molar-refractivity contribution in [1.29, 1.82) is 0 Å². The molecule has 4 rings (SSSR count). The van der Waals surface area contributed by atoms with Crippen molar-refractivity contribution < 1.29 is 13.6 Å². The molecule has 0 radical (unpaired) electrons. The van der Waals surface area contributed by atoms with Crippen molar-refractivity contribution >= 4 is 11.6 Å². The molecule has 0 atom stereocenters. The molecule has 2 aromatic rings. The van der Waals surface area contributed by atoms with E-state index in [9.17, 15) is 13.6 Å². The molecule has 2 aliphatic rings. The minimum atomic E-state index is -0.866. The molecule has 4 nitrogen and oxygen atoms in total. The molecule has 0 bridgehead atoms. The number of carbonyl (C=O) groups excluding carboxylic acids is 1. The minimum absolute atomic E-state index is 0.000805. The molecule has 136 valence electrons. The normalized spacial score (nSPS) is 19.4. The van der Waals surface area contributed by atoms with E-state index in [2.05, 4.69) is 9.88 Å². The van der Waals surface area contributed by atoms with Gasteiger partial charge in [0.1, 0.15) is 0 Å². The smallest absolute Gasteiger partial charge is 0.223 e. The van der Waals surface area contributed by atoms with Gasteiger partial charge >= 0.3 is 0 Å². The van der Waals surface area contributed by atoms with Crippen LogP contribution in [0.15, 0.2) is 42.7 Å². The number of benzene rings is 1. The zero-order valence-corrected chi connectivity index (χ0v) is 14.5. The zero-order valence-electron chi connectivity index (χ0n) is 14.5. The number of nitrogens with zero attached hydrogens (tertiary/aromatic N) is 3. The second kappa shape index (κ2) is 6.67. The molecule has 3 heterocycles. The lowest BCUT2D eigenvalue weighted by molar-refractivity contribution is -0.128. The summed E-state index contributed by atoms with van der Waals surface area (Å²) in [5.74, 6) is -1.62. The molecule has 2 fully saturated rings. The maximum Gasteiger partial charge on any atom is 0.223 e. The van der Waals surface area contributed by atoms with Gasteiger partial charge in [-0.2, -0.15) is 0 Å². The van der Waals surface area contributed by atoms with Gasteiger partial charge in [0.05, 0.1) is 0 Å². The van der Waals surface area contributed by atoms with Crippen LogP contribution in [0.4, 0.5) is 14.5 Å². The third kappa shape index (κ3) is 3.28. The van der Waals surface area contributed by atoms with E-state index in [4.69, 9.17) is 0 Å². The predicted octanol–water partition coefficient (Wildman–Crippen LogP) is 3.38. The summed E-state index contributed by atoms with van der Waals surface area (Å²) in [5.41, 5.74) is 1.79. The molecule has 26 heavy (non-hydrogen) atoms. The largest absolute Gasteiger partial charge is 0.371 e. The van der Waals surface area contributed by atoms with E-state index in [1.54, 1.807) is 23.4 Å². The third-order valence-corrected chi connectivity index (χ3v) is 5.61. The van der Waals surface area contributed by atoms with Crippen molar-refractivity contribution in [1.82, 2.24) is 9.88 Å². The fourth-order valence-electron chi connectivity index (χ4n) is 4.11. The first-order chi connectivity index (χ1) is 12.5. The number of anilines is 1. The van der Waals surface area contributed by atoms with Crippen LogP contribution in [0.3, 0.4) is 0 Å². The Balaban J connectivity index is 1.41. The van der Waals surface area contributed by atoms with Gasteiger partial charge in [-0.3, -0.25) is 9.78 Å². The van der Waals surface area contributed by atoms with Crippen molar-refractivity contribution in [2.45, 2.75) is 25.8 Å². The first-order valence-corrected chi connectivity index (χ1v) is 8.91. The molecule has 0 saturated carbocycles. The maximum atomic E-state index is 13.4. The average Bonchev–Trinajstić information content (AvgIpc) is 2.94. The van der Waals surface area contributed by atoms with Gasteiger partial charge in [-0.15, -0.1) is 0 Å². The topological polar surface area (TPSA) is 36.4 Å². The van der Waals surface area contributed by atoms with E-state index < -0.39 is 11.6 Å². The Kier molecular flexibility index (Phi) is 4.34. The Morgan fingerprint density at radius 1 is 1.04 bits per heavy atom. The lowest BCUT2D eigenvalue weighted by Gasteiger charge is -2.39. The number of likely N-dealkylation sites (tertiary alicyclic amines) is 1. The first-order valence-electron chi connectivity index (χ1n) is 8.91. The Morgan fingerprint density at radius 2 is 1.77 bits per heavy atom. The Hall–Kier alpha value is -2.50. The molecule has 0 aliphatic carbocycles. The summed E-state index contributed by atoms with van der Waals surface area (Å²) in [6.45, 7) is 2.85. The van der Waals surface area contributed by atoms with Gasteiger partial charge in [0.15, 0.2) is 11.6 Å². The molecule has 1 spiro atoms. The maximum absolute atomic E-state index is 13.4. The number of rotatable bonds is 3. The van der Waals surface area contributed by atoms with Crippen LogP contribution < -0.4 is 4.90 Å². The quantitative estimate of drug-likeness (QED) is 0.845. The van der Waals surface area contributed by atoms with Crippen molar-refractivity contribution in [2.75, 3.05) is 24.5 Å². The van der Waals surface area contributed by atoms with Crippen LogP contribution in [-0.2, 0) is 11.3 Å². The van der Waals surface area contributed by atoms with E-state index in [1.165, 1.54) is 6.07 Å². The number of aromatic nitrogens is 1. The van der Waals surface area contributed by atoms with Gasteiger partial charge < -0.3 is 9.80 Å². The lowest BCUT2D eigenvalue weighted by Crippen LogP contribution is -2.41. The summed E-state index contributed by atoms with van der Waals surface area (Å²) in [6, 6.07) is 7.86. The standard InChI is InChI=1S/C20H21F2N3O/c21-17-2-1-15(11-18(17)22)13-25-14-20(12-19(25)26)5-9-24(10-6-20)16-3-7-23-8-4-16/h1-4,7-8,11H,5-6,9-10,12-14H2. The van der Waals surface area contributed by atoms with Crippen LogP contribution in [0, 0.1) is 17.0 Å². The molecule has 1 aromatic carbocycles. The number of amides is 1. The summed E-state index contributed by atoms with van der Waals surface area (Å²) in [5, 5.41) is 0. The molecule has 6 heteroatoms. The van der Waals surface area contributed by atoms with E-state index >= 15 is 0 Å². The second-order valence-corrected chi connectivity index (χ2v) is 7.37. The molecule has 0 N–H and O–H groups in total. The van der Waals surface area contributed by atoms with E-state index in [-0.39, 0.29) is 11.3 Å². The van der Waals surface area contributed by atoms with Crippen LogP contribution in [-0.4, -0.2) is 35.4 Å². The summed E-state index contributed by atoms with van der Waals surface area (Å²) in [4.78, 5) is 20.7. The average molecular weight is 357 g/mol. The van der Waals surface area contributed by atoms with Gasteiger partial charge in [-0.25, -0.2) is 8.78 Å². The lowest BCUT2D eigenvalue weighted by atomic mass is 9.77. The Morgan fingerprint density at radius 3 is 2.46 bits per heavy atom. The Bertz CT molecular complexity index is 804. The summed E-state index contributed by atoms with van der Waals surface area (Å²) >= 11 is 0. The van der Waals surface area contributed by atoms with Crippen molar-refractivity contribution in [3.05, 3.63) is 59.9 Å². The number of carbonyl (C=O) groups is 1. The summed E-state index contributed by atoms with van der Waals surface area (Å²) < 4.78 is 26.5. The van der Waals surface area contributed by atoms with Crippen LogP contribution in [0.5, 0.6) is 0 Å². The zero-order chi connectivity index (χ0) is 18.1. The number of piperidine rings is 1. The molecular formula is C20H21F2N3O. The van der Waals surface area contributed by atoms with Gasteiger partial charge in [-0.1, -0.05) is 6.07 Å². The van der Waals surface area contributed by atoms with E-state index in [0.29, 0.717) is 25.1 Å². The highest BCUT2D eigenvalue weighted by Gasteiger charge is 2.44. The number of hydrogen-bond donors (Lipinski definition) is 0. The molecule has 2 aliphatic heterocycles. The van der Waals surface area contributed by atoms with Gasteiger partial charge in [-0.05, 0) is 42.7 Å². The van der Waals surface area contributed by atoms with E-state index in [1.807, 2.05) is 12.1 Å². The van der Waals surface area contributed by atoms with Crippen molar-refractivity contribution in [3.63, 3.8) is 0 Å². The molecule has 2 saturated heterocycles. The fourth-order valence-corrected chi connectivity index (χ4v) is 4.11. The van der Waals surface area contributed by atoms with Crippen molar-refractivity contribution in [3.8, 4) is 0 Å².